The maximum Gasteiger partial charge on any atom is 0.451 e. The van der Waals surface area contributed by atoms with Gasteiger partial charge in [-0.2, -0.15) is 13.2 Å². The van der Waals surface area contributed by atoms with E-state index in [0.717, 1.165) is 6.20 Å². The van der Waals surface area contributed by atoms with Gasteiger partial charge in [0, 0.05) is 0 Å². The second kappa shape index (κ2) is 2.41. The molecule has 0 spiro atoms. The molecule has 13 heavy (non-hydrogen) atoms. The Hall–Kier alpha value is -1.66. The number of hydrogen-bond acceptors (Lipinski definition) is 3. The third-order valence-electron chi connectivity index (χ3n) is 1.43. The first kappa shape index (κ1) is 7.96. The summed E-state index contributed by atoms with van der Waals surface area (Å²) < 4.78 is 36.2. The van der Waals surface area contributed by atoms with Crippen molar-refractivity contribution in [1.82, 2.24) is 19.9 Å². The molecule has 0 atom stereocenters. The summed E-state index contributed by atoms with van der Waals surface area (Å²) in [6, 6.07) is 0. The quantitative estimate of drug-likeness (QED) is 0.679. The van der Waals surface area contributed by atoms with Crippen molar-refractivity contribution in [2.75, 3.05) is 0 Å². The van der Waals surface area contributed by atoms with Gasteiger partial charge in [0.25, 0.3) is 0 Å². The van der Waals surface area contributed by atoms with E-state index in [1.165, 1.54) is 6.33 Å². The lowest BCUT2D eigenvalue weighted by molar-refractivity contribution is -0.144. The molecule has 0 aliphatic carbocycles. The van der Waals surface area contributed by atoms with Gasteiger partial charge >= 0.3 is 6.18 Å². The lowest BCUT2D eigenvalue weighted by Crippen LogP contribution is -2.10. The van der Waals surface area contributed by atoms with E-state index in [-0.39, 0.29) is 5.65 Å². The minimum Gasteiger partial charge on any atom is -0.342 e. The Morgan fingerprint density at radius 1 is 1.23 bits per heavy atom. The van der Waals surface area contributed by atoms with Crippen LogP contribution in [0.2, 0.25) is 0 Å². The van der Waals surface area contributed by atoms with Crippen LogP contribution in [0.5, 0.6) is 0 Å². The van der Waals surface area contributed by atoms with Crippen LogP contribution in [0, 0.1) is 0 Å². The smallest absolute Gasteiger partial charge is 0.342 e. The molecule has 0 aromatic carbocycles. The van der Waals surface area contributed by atoms with Crippen LogP contribution in [-0.2, 0) is 6.18 Å². The molecule has 2 rings (SSSR count). The molecular formula is C6H3F3N4. The number of halogens is 3. The highest BCUT2D eigenvalue weighted by molar-refractivity contribution is 5.68. The summed E-state index contributed by atoms with van der Waals surface area (Å²) in [5.74, 6) is -1.17. The van der Waals surface area contributed by atoms with E-state index in [2.05, 4.69) is 19.9 Å². The van der Waals surface area contributed by atoms with Gasteiger partial charge in [0.15, 0.2) is 5.65 Å². The van der Waals surface area contributed by atoms with Crippen molar-refractivity contribution < 1.29 is 13.2 Å². The number of fused-ring (bicyclic) bond motifs is 1. The van der Waals surface area contributed by atoms with E-state index in [0.29, 0.717) is 5.52 Å². The fourth-order valence-corrected chi connectivity index (χ4v) is 0.873. The average Bonchev–Trinajstić information content (AvgIpc) is 2.47. The zero-order chi connectivity index (χ0) is 9.47. The third-order valence-corrected chi connectivity index (χ3v) is 1.43. The van der Waals surface area contributed by atoms with Gasteiger partial charge in [-0.25, -0.2) is 15.0 Å². The van der Waals surface area contributed by atoms with Crippen LogP contribution in [0.1, 0.15) is 5.82 Å². The van der Waals surface area contributed by atoms with Crippen LogP contribution >= 0.6 is 0 Å². The lowest BCUT2D eigenvalue weighted by Gasteiger charge is -2.02. The molecule has 1 N–H and O–H groups in total. The zero-order valence-electron chi connectivity index (χ0n) is 6.13. The summed E-state index contributed by atoms with van der Waals surface area (Å²) in [5, 5.41) is 0. The molecule has 0 radical (unpaired) electrons. The molecule has 0 aliphatic rings. The van der Waals surface area contributed by atoms with E-state index in [1.807, 2.05) is 0 Å². The Labute approximate surface area is 69.8 Å². The van der Waals surface area contributed by atoms with Crippen LogP contribution in [0.4, 0.5) is 13.2 Å². The van der Waals surface area contributed by atoms with Gasteiger partial charge in [-0.05, 0) is 0 Å². The summed E-state index contributed by atoms with van der Waals surface area (Å²) in [4.78, 5) is 12.6. The van der Waals surface area contributed by atoms with Gasteiger partial charge in [0.2, 0.25) is 5.82 Å². The predicted octanol–water partition coefficient (Wildman–Crippen LogP) is 1.37. The summed E-state index contributed by atoms with van der Waals surface area (Å²) >= 11 is 0. The second-order valence-corrected chi connectivity index (χ2v) is 2.33. The minimum absolute atomic E-state index is 0.0160. The number of rotatable bonds is 0. The van der Waals surface area contributed by atoms with E-state index in [9.17, 15) is 13.2 Å². The molecule has 7 heteroatoms. The standard InChI is InChI=1S/C6H3F3N4/c7-6(8,9)5-10-1-3-4(13-5)12-2-11-3/h1-2H,(H,10,11,12,13). The lowest BCUT2D eigenvalue weighted by atomic mass is 10.5. The number of hydrogen-bond donors (Lipinski definition) is 1. The van der Waals surface area contributed by atoms with Crippen LogP contribution in [-0.4, -0.2) is 19.9 Å². The van der Waals surface area contributed by atoms with Crippen molar-refractivity contribution in [3.8, 4) is 0 Å². The van der Waals surface area contributed by atoms with Crippen molar-refractivity contribution in [3.63, 3.8) is 0 Å². The fraction of sp³-hybridized carbons (Fsp3) is 0.167. The summed E-state index contributed by atoms with van der Waals surface area (Å²) in [6.07, 6.45) is -2.20. The molecule has 2 heterocycles. The molecule has 0 saturated heterocycles. The van der Waals surface area contributed by atoms with Crippen molar-refractivity contribution in [3.05, 3.63) is 18.3 Å². The van der Waals surface area contributed by atoms with E-state index < -0.39 is 12.0 Å². The highest BCUT2D eigenvalue weighted by Crippen LogP contribution is 2.26. The largest absolute Gasteiger partial charge is 0.451 e. The van der Waals surface area contributed by atoms with Crippen LogP contribution < -0.4 is 0 Å². The Kier molecular flexibility index (Phi) is 1.48. The molecule has 4 nitrogen and oxygen atoms in total. The first-order valence-corrected chi connectivity index (χ1v) is 3.31. The maximum atomic E-state index is 12.1. The molecular weight excluding hydrogens is 185 g/mol. The first-order valence-electron chi connectivity index (χ1n) is 3.31. The normalized spacial score (nSPS) is 12.2. The molecule has 0 amide bonds. The molecule has 2 aromatic heterocycles. The van der Waals surface area contributed by atoms with E-state index >= 15 is 0 Å². The van der Waals surface area contributed by atoms with Crippen molar-refractivity contribution in [2.24, 2.45) is 0 Å². The summed E-state index contributed by atoms with van der Waals surface area (Å²) in [5.41, 5.74) is 0.398. The number of aromatic nitrogens is 4. The number of nitrogens with zero attached hydrogens (tertiary/aromatic N) is 3. The van der Waals surface area contributed by atoms with Gasteiger partial charge < -0.3 is 4.98 Å². The topological polar surface area (TPSA) is 54.5 Å². The Morgan fingerprint density at radius 3 is 2.69 bits per heavy atom. The molecule has 0 aliphatic heterocycles. The van der Waals surface area contributed by atoms with Gasteiger partial charge in [-0.15, -0.1) is 0 Å². The van der Waals surface area contributed by atoms with Crippen LogP contribution in [0.25, 0.3) is 11.2 Å². The Balaban J connectivity index is 2.61. The van der Waals surface area contributed by atoms with E-state index in [4.69, 9.17) is 0 Å². The number of alkyl halides is 3. The second-order valence-electron chi connectivity index (χ2n) is 2.33. The van der Waals surface area contributed by atoms with Crippen molar-refractivity contribution in [2.45, 2.75) is 6.18 Å². The first-order chi connectivity index (χ1) is 6.07. The molecule has 0 saturated carbocycles. The molecule has 68 valence electrons. The van der Waals surface area contributed by atoms with Gasteiger partial charge in [-0.3, -0.25) is 0 Å². The highest BCUT2D eigenvalue weighted by Gasteiger charge is 2.34. The van der Waals surface area contributed by atoms with Crippen LogP contribution in [0.3, 0.4) is 0 Å². The Bertz CT molecular complexity index is 433. The zero-order valence-corrected chi connectivity index (χ0v) is 6.13. The predicted molar refractivity (Wildman–Crippen MR) is 36.7 cm³/mol. The average molecular weight is 188 g/mol. The Morgan fingerprint density at radius 2 is 2.00 bits per heavy atom. The van der Waals surface area contributed by atoms with Crippen molar-refractivity contribution >= 4 is 11.2 Å². The van der Waals surface area contributed by atoms with Gasteiger partial charge in [0.05, 0.1) is 12.5 Å². The van der Waals surface area contributed by atoms with Gasteiger partial charge in [0.1, 0.15) is 5.52 Å². The number of imidazole rings is 1. The SMILES string of the molecule is FC(F)(F)c1ncc2[nH]cnc2n1. The molecule has 2 aromatic rings. The van der Waals surface area contributed by atoms with Crippen LogP contribution in [0.15, 0.2) is 12.5 Å². The van der Waals surface area contributed by atoms with Crippen molar-refractivity contribution in [1.29, 1.82) is 0 Å². The monoisotopic (exact) mass is 188 g/mol. The minimum atomic E-state index is -4.52. The van der Waals surface area contributed by atoms with E-state index in [1.54, 1.807) is 0 Å². The number of aromatic amines is 1. The number of nitrogens with one attached hydrogen (secondary N) is 1. The molecule has 0 fully saturated rings. The maximum absolute atomic E-state index is 12.1. The summed E-state index contributed by atoms with van der Waals surface area (Å²) in [7, 11) is 0. The molecule has 0 bridgehead atoms. The van der Waals surface area contributed by atoms with Gasteiger partial charge in [-0.1, -0.05) is 0 Å². The fourth-order valence-electron chi connectivity index (χ4n) is 0.873. The summed E-state index contributed by atoms with van der Waals surface area (Å²) in [6.45, 7) is 0. The third kappa shape index (κ3) is 1.32. The highest BCUT2D eigenvalue weighted by atomic mass is 19.4. The molecule has 0 unspecified atom stereocenters. The number of H-pyrrole nitrogens is 1.